The fourth-order valence-electron chi connectivity index (χ4n) is 2.62. The number of rotatable bonds is 6. The summed E-state index contributed by atoms with van der Waals surface area (Å²) >= 11 is 0. The molecular formula is C22H24N4O2. The van der Waals surface area contributed by atoms with Gasteiger partial charge in [-0.3, -0.25) is 4.79 Å². The van der Waals surface area contributed by atoms with E-state index in [1.165, 1.54) is 0 Å². The van der Waals surface area contributed by atoms with Crippen molar-refractivity contribution in [2.24, 2.45) is 0 Å². The molecule has 3 aromatic rings. The van der Waals surface area contributed by atoms with Crippen LogP contribution < -0.4 is 15.4 Å². The summed E-state index contributed by atoms with van der Waals surface area (Å²) < 4.78 is 5.65. The van der Waals surface area contributed by atoms with Crippen LogP contribution in [0, 0.1) is 13.8 Å². The summed E-state index contributed by atoms with van der Waals surface area (Å²) in [6, 6.07) is 16.8. The second kappa shape index (κ2) is 8.52. The van der Waals surface area contributed by atoms with Gasteiger partial charge in [0.05, 0.1) is 6.10 Å². The number of aromatic nitrogens is 2. The van der Waals surface area contributed by atoms with Gasteiger partial charge in [-0.1, -0.05) is 17.7 Å². The first-order valence-electron chi connectivity index (χ1n) is 9.16. The number of benzene rings is 2. The molecule has 2 aromatic carbocycles. The molecule has 0 saturated heterocycles. The number of ether oxygens (including phenoxy) is 1. The number of nitrogens with one attached hydrogen (secondary N) is 2. The Morgan fingerprint density at radius 1 is 0.929 bits per heavy atom. The van der Waals surface area contributed by atoms with Crippen molar-refractivity contribution in [1.29, 1.82) is 0 Å². The number of anilines is 3. The van der Waals surface area contributed by atoms with Crippen molar-refractivity contribution in [1.82, 2.24) is 9.97 Å². The number of hydrogen-bond donors (Lipinski definition) is 2. The highest BCUT2D eigenvalue weighted by atomic mass is 16.5. The SMILES string of the molecule is Cc1ccc(NC(=O)c2cc(Nc3ccc(OC(C)C)cc3)nc(C)n2)cc1. The Hall–Kier alpha value is -3.41. The lowest BCUT2D eigenvalue weighted by Gasteiger charge is -2.12. The third kappa shape index (κ3) is 5.30. The zero-order valence-corrected chi connectivity index (χ0v) is 16.5. The Balaban J connectivity index is 1.73. The average Bonchev–Trinajstić information content (AvgIpc) is 2.64. The van der Waals surface area contributed by atoms with Crippen molar-refractivity contribution in [3.05, 3.63) is 71.7 Å². The molecule has 1 amide bonds. The molecular weight excluding hydrogens is 352 g/mol. The molecule has 1 heterocycles. The second-order valence-electron chi connectivity index (χ2n) is 6.82. The van der Waals surface area contributed by atoms with Crippen LogP contribution in [0.5, 0.6) is 5.75 Å². The minimum atomic E-state index is -0.280. The number of carbonyl (C=O) groups is 1. The predicted octanol–water partition coefficient (Wildman–Crippen LogP) is 4.88. The molecule has 28 heavy (non-hydrogen) atoms. The molecule has 1 aromatic heterocycles. The first kappa shape index (κ1) is 19.4. The molecule has 144 valence electrons. The molecule has 0 atom stereocenters. The van der Waals surface area contributed by atoms with Crippen LogP contribution in [0.1, 0.15) is 35.7 Å². The van der Waals surface area contributed by atoms with E-state index >= 15 is 0 Å². The zero-order valence-electron chi connectivity index (χ0n) is 16.5. The van der Waals surface area contributed by atoms with E-state index in [1.807, 2.05) is 69.3 Å². The maximum Gasteiger partial charge on any atom is 0.274 e. The first-order chi connectivity index (χ1) is 13.4. The Morgan fingerprint density at radius 3 is 2.21 bits per heavy atom. The topological polar surface area (TPSA) is 76.1 Å². The normalized spacial score (nSPS) is 10.6. The molecule has 6 nitrogen and oxygen atoms in total. The van der Waals surface area contributed by atoms with Crippen LogP contribution in [-0.4, -0.2) is 22.0 Å². The smallest absolute Gasteiger partial charge is 0.274 e. The summed E-state index contributed by atoms with van der Waals surface area (Å²) in [7, 11) is 0. The van der Waals surface area contributed by atoms with Gasteiger partial charge in [-0.2, -0.15) is 0 Å². The van der Waals surface area contributed by atoms with Crippen LogP contribution in [0.4, 0.5) is 17.2 Å². The van der Waals surface area contributed by atoms with Crippen LogP contribution in [0.25, 0.3) is 0 Å². The Morgan fingerprint density at radius 2 is 1.57 bits per heavy atom. The number of aryl methyl sites for hydroxylation is 2. The van der Waals surface area contributed by atoms with E-state index in [4.69, 9.17) is 4.74 Å². The summed E-state index contributed by atoms with van der Waals surface area (Å²) in [5.74, 6) is 1.59. The van der Waals surface area contributed by atoms with Gasteiger partial charge < -0.3 is 15.4 Å². The van der Waals surface area contributed by atoms with E-state index in [1.54, 1.807) is 13.0 Å². The molecule has 6 heteroatoms. The van der Waals surface area contributed by atoms with Crippen molar-refractivity contribution in [3.8, 4) is 5.75 Å². The molecule has 0 spiro atoms. The van der Waals surface area contributed by atoms with E-state index in [0.717, 1.165) is 22.7 Å². The highest BCUT2D eigenvalue weighted by molar-refractivity contribution is 6.03. The van der Waals surface area contributed by atoms with E-state index in [-0.39, 0.29) is 12.0 Å². The quantitative estimate of drug-likeness (QED) is 0.641. The summed E-state index contributed by atoms with van der Waals surface area (Å²) in [5, 5.41) is 6.06. The van der Waals surface area contributed by atoms with Crippen molar-refractivity contribution in [3.63, 3.8) is 0 Å². The third-order valence-corrected chi connectivity index (χ3v) is 3.88. The molecule has 0 saturated carbocycles. The van der Waals surface area contributed by atoms with E-state index in [9.17, 15) is 4.79 Å². The van der Waals surface area contributed by atoms with Crippen molar-refractivity contribution >= 4 is 23.1 Å². The molecule has 0 aliphatic rings. The summed E-state index contributed by atoms with van der Waals surface area (Å²) in [4.78, 5) is 21.2. The highest BCUT2D eigenvalue weighted by Gasteiger charge is 2.11. The van der Waals surface area contributed by atoms with Gasteiger partial charge in [0, 0.05) is 17.4 Å². The summed E-state index contributed by atoms with van der Waals surface area (Å²) in [5.41, 5.74) is 3.00. The Kier molecular flexibility index (Phi) is 5.89. The second-order valence-corrected chi connectivity index (χ2v) is 6.82. The lowest BCUT2D eigenvalue weighted by atomic mass is 10.2. The Bertz CT molecular complexity index is 951. The molecule has 0 fully saturated rings. The monoisotopic (exact) mass is 376 g/mol. The van der Waals surface area contributed by atoms with Crippen molar-refractivity contribution in [2.75, 3.05) is 10.6 Å². The number of nitrogens with zero attached hydrogens (tertiary/aromatic N) is 2. The number of hydrogen-bond acceptors (Lipinski definition) is 5. The fourth-order valence-corrected chi connectivity index (χ4v) is 2.62. The molecule has 0 aliphatic carbocycles. The van der Waals surface area contributed by atoms with Gasteiger partial charge >= 0.3 is 0 Å². The predicted molar refractivity (Wildman–Crippen MR) is 111 cm³/mol. The number of carbonyl (C=O) groups excluding carboxylic acids is 1. The standard InChI is InChI=1S/C22H24N4O2/c1-14(2)28-19-11-9-17(10-12-19)25-21-13-20(23-16(4)24-21)22(27)26-18-7-5-15(3)6-8-18/h5-14H,1-4H3,(H,26,27)(H,23,24,25). The van der Waals surface area contributed by atoms with Crippen molar-refractivity contribution < 1.29 is 9.53 Å². The lowest BCUT2D eigenvalue weighted by Crippen LogP contribution is -2.15. The summed E-state index contributed by atoms with van der Waals surface area (Å²) in [6.45, 7) is 7.73. The summed E-state index contributed by atoms with van der Waals surface area (Å²) in [6.07, 6.45) is 0.123. The van der Waals surface area contributed by atoms with Gasteiger partial charge in [0.1, 0.15) is 23.1 Å². The molecule has 2 N–H and O–H groups in total. The minimum Gasteiger partial charge on any atom is -0.491 e. The van der Waals surface area contributed by atoms with Crippen LogP contribution in [0.15, 0.2) is 54.6 Å². The largest absolute Gasteiger partial charge is 0.491 e. The molecule has 0 unspecified atom stereocenters. The Labute approximate surface area is 165 Å². The third-order valence-electron chi connectivity index (χ3n) is 3.88. The molecule has 0 bridgehead atoms. The molecule has 0 radical (unpaired) electrons. The zero-order chi connectivity index (χ0) is 20.1. The van der Waals surface area contributed by atoms with Crippen LogP contribution in [0.2, 0.25) is 0 Å². The highest BCUT2D eigenvalue weighted by Crippen LogP contribution is 2.20. The van der Waals surface area contributed by atoms with Crippen LogP contribution in [-0.2, 0) is 0 Å². The van der Waals surface area contributed by atoms with Gasteiger partial charge in [-0.05, 0) is 64.1 Å². The number of amides is 1. The average molecular weight is 376 g/mol. The fraction of sp³-hybridized carbons (Fsp3) is 0.227. The van der Waals surface area contributed by atoms with Crippen molar-refractivity contribution in [2.45, 2.75) is 33.8 Å². The van der Waals surface area contributed by atoms with Gasteiger partial charge in [-0.15, -0.1) is 0 Å². The minimum absolute atomic E-state index is 0.123. The van der Waals surface area contributed by atoms with Gasteiger partial charge in [0.2, 0.25) is 0 Å². The van der Waals surface area contributed by atoms with Gasteiger partial charge in [0.15, 0.2) is 0 Å². The van der Waals surface area contributed by atoms with Gasteiger partial charge in [0.25, 0.3) is 5.91 Å². The van der Waals surface area contributed by atoms with Crippen LogP contribution in [0.3, 0.4) is 0 Å². The van der Waals surface area contributed by atoms with E-state index < -0.39 is 0 Å². The molecule has 0 aliphatic heterocycles. The first-order valence-corrected chi connectivity index (χ1v) is 9.16. The van der Waals surface area contributed by atoms with E-state index in [0.29, 0.717) is 17.3 Å². The maximum atomic E-state index is 12.6. The van der Waals surface area contributed by atoms with E-state index in [2.05, 4.69) is 20.6 Å². The molecule has 3 rings (SSSR count). The lowest BCUT2D eigenvalue weighted by molar-refractivity contribution is 0.102. The van der Waals surface area contributed by atoms with Gasteiger partial charge in [-0.25, -0.2) is 9.97 Å². The maximum absolute atomic E-state index is 12.6. The van der Waals surface area contributed by atoms with Crippen LogP contribution >= 0.6 is 0 Å².